The summed E-state index contributed by atoms with van der Waals surface area (Å²) in [6.07, 6.45) is 3.46. The van der Waals surface area contributed by atoms with Gasteiger partial charge in [0.05, 0.1) is 12.1 Å². The number of carbonyl (C=O) groups excluding carboxylic acids is 1. The van der Waals surface area contributed by atoms with E-state index in [0.717, 1.165) is 5.17 Å². The first kappa shape index (κ1) is 11.4. The standard InChI is InChI=1S/C10H10ClN3OS/c1-16-10-13-5-6-14(10)9(15)7-3-2-4-12-8(7)11/h2-4H,5-6H2,1H3. The molecule has 0 aliphatic carbocycles. The number of aromatic nitrogens is 1. The number of amides is 1. The third-order valence-electron chi connectivity index (χ3n) is 2.22. The fourth-order valence-electron chi connectivity index (χ4n) is 1.48. The van der Waals surface area contributed by atoms with Gasteiger partial charge in [0.25, 0.3) is 5.91 Å². The Bertz CT molecular complexity index is 449. The van der Waals surface area contributed by atoms with Crippen molar-refractivity contribution in [1.82, 2.24) is 9.88 Å². The Hall–Kier alpha value is -1.07. The Kier molecular flexibility index (Phi) is 3.46. The minimum atomic E-state index is -0.135. The lowest BCUT2D eigenvalue weighted by molar-refractivity contribution is 0.0860. The topological polar surface area (TPSA) is 45.6 Å². The van der Waals surface area contributed by atoms with Crippen molar-refractivity contribution in [3.8, 4) is 0 Å². The molecule has 0 fully saturated rings. The van der Waals surface area contributed by atoms with E-state index >= 15 is 0 Å². The first-order valence-corrected chi connectivity index (χ1v) is 6.35. The monoisotopic (exact) mass is 255 g/mol. The number of hydrogen-bond acceptors (Lipinski definition) is 4. The summed E-state index contributed by atoms with van der Waals surface area (Å²) >= 11 is 7.34. The molecule has 1 aliphatic heterocycles. The van der Waals surface area contributed by atoms with E-state index in [0.29, 0.717) is 18.7 Å². The molecule has 0 spiro atoms. The van der Waals surface area contributed by atoms with Gasteiger partial charge < -0.3 is 0 Å². The van der Waals surface area contributed by atoms with Gasteiger partial charge in [-0.25, -0.2) is 4.98 Å². The molecule has 0 unspecified atom stereocenters. The van der Waals surface area contributed by atoms with E-state index in [-0.39, 0.29) is 11.1 Å². The highest BCUT2D eigenvalue weighted by Crippen LogP contribution is 2.19. The summed E-state index contributed by atoms with van der Waals surface area (Å²) in [6, 6.07) is 3.37. The van der Waals surface area contributed by atoms with E-state index in [1.807, 2.05) is 6.26 Å². The van der Waals surface area contributed by atoms with E-state index in [1.54, 1.807) is 23.2 Å². The number of halogens is 1. The second-order valence-corrected chi connectivity index (χ2v) is 4.30. The Balaban J connectivity index is 2.27. The summed E-state index contributed by atoms with van der Waals surface area (Å²) < 4.78 is 0. The summed E-state index contributed by atoms with van der Waals surface area (Å²) in [5.74, 6) is -0.135. The van der Waals surface area contributed by atoms with Gasteiger partial charge in [0.1, 0.15) is 5.15 Å². The molecular weight excluding hydrogens is 246 g/mol. The molecule has 84 valence electrons. The van der Waals surface area contributed by atoms with Crippen LogP contribution in [0.5, 0.6) is 0 Å². The average Bonchev–Trinajstić information content (AvgIpc) is 2.77. The van der Waals surface area contributed by atoms with E-state index in [4.69, 9.17) is 11.6 Å². The first-order chi connectivity index (χ1) is 7.74. The van der Waals surface area contributed by atoms with Crippen LogP contribution in [0.25, 0.3) is 0 Å². The first-order valence-electron chi connectivity index (χ1n) is 4.75. The van der Waals surface area contributed by atoms with Crippen LogP contribution < -0.4 is 0 Å². The zero-order valence-electron chi connectivity index (χ0n) is 8.68. The molecule has 0 saturated carbocycles. The number of aliphatic imine (C=N–C) groups is 1. The van der Waals surface area contributed by atoms with Crippen LogP contribution in [0, 0.1) is 0 Å². The fraction of sp³-hybridized carbons (Fsp3) is 0.300. The molecule has 0 radical (unpaired) electrons. The highest BCUT2D eigenvalue weighted by atomic mass is 35.5. The van der Waals surface area contributed by atoms with Crippen LogP contribution in [0.3, 0.4) is 0 Å². The van der Waals surface area contributed by atoms with Crippen LogP contribution in [0.2, 0.25) is 5.15 Å². The molecule has 16 heavy (non-hydrogen) atoms. The summed E-state index contributed by atoms with van der Waals surface area (Å²) in [5.41, 5.74) is 0.424. The van der Waals surface area contributed by atoms with Crippen LogP contribution in [-0.4, -0.2) is 40.3 Å². The van der Waals surface area contributed by atoms with Crippen molar-refractivity contribution in [1.29, 1.82) is 0 Å². The van der Waals surface area contributed by atoms with Gasteiger partial charge in [-0.1, -0.05) is 23.4 Å². The number of pyridine rings is 1. The minimum Gasteiger partial charge on any atom is -0.286 e. The molecule has 0 N–H and O–H groups in total. The molecule has 6 heteroatoms. The van der Waals surface area contributed by atoms with Crippen molar-refractivity contribution in [3.05, 3.63) is 29.0 Å². The Labute approximate surface area is 103 Å². The van der Waals surface area contributed by atoms with Crippen molar-refractivity contribution in [2.24, 2.45) is 4.99 Å². The predicted molar refractivity (Wildman–Crippen MR) is 66.1 cm³/mol. The second kappa shape index (κ2) is 4.84. The van der Waals surface area contributed by atoms with Crippen LogP contribution >= 0.6 is 23.4 Å². The molecule has 1 amide bonds. The minimum absolute atomic E-state index is 0.135. The van der Waals surface area contributed by atoms with Crippen LogP contribution in [0.1, 0.15) is 10.4 Å². The predicted octanol–water partition coefficient (Wildman–Crippen LogP) is 1.91. The van der Waals surface area contributed by atoms with Gasteiger partial charge in [0.2, 0.25) is 0 Å². The Morgan fingerprint density at radius 3 is 3.12 bits per heavy atom. The SMILES string of the molecule is CSC1=NCCN1C(=O)c1cccnc1Cl. The summed E-state index contributed by atoms with van der Waals surface area (Å²) in [5, 5.41) is 0.977. The molecule has 1 aromatic rings. The number of carbonyl (C=O) groups is 1. The third kappa shape index (κ3) is 2.05. The molecule has 0 atom stereocenters. The van der Waals surface area contributed by atoms with E-state index in [1.165, 1.54) is 11.8 Å². The van der Waals surface area contributed by atoms with Crippen LogP contribution in [0.4, 0.5) is 0 Å². The average molecular weight is 256 g/mol. The third-order valence-corrected chi connectivity index (χ3v) is 3.23. The van der Waals surface area contributed by atoms with Gasteiger partial charge in [-0.05, 0) is 18.4 Å². The lowest BCUT2D eigenvalue weighted by atomic mass is 10.2. The van der Waals surface area contributed by atoms with Gasteiger partial charge in [-0.2, -0.15) is 0 Å². The Morgan fingerprint density at radius 2 is 2.44 bits per heavy atom. The molecular formula is C10H10ClN3OS. The quantitative estimate of drug-likeness (QED) is 0.720. The van der Waals surface area contributed by atoms with Gasteiger partial charge in [-0.3, -0.25) is 14.7 Å². The number of nitrogens with zero attached hydrogens (tertiary/aromatic N) is 3. The molecule has 1 aliphatic rings. The van der Waals surface area contributed by atoms with Crippen LogP contribution in [0.15, 0.2) is 23.3 Å². The van der Waals surface area contributed by atoms with Gasteiger partial charge in [0, 0.05) is 12.7 Å². The van der Waals surface area contributed by atoms with E-state index in [2.05, 4.69) is 9.98 Å². The molecule has 4 nitrogen and oxygen atoms in total. The summed E-state index contributed by atoms with van der Waals surface area (Å²) in [4.78, 5) is 21.9. The second-order valence-electron chi connectivity index (χ2n) is 3.17. The van der Waals surface area contributed by atoms with Crippen molar-refractivity contribution >= 4 is 34.4 Å². The smallest absolute Gasteiger partial charge is 0.263 e. The Morgan fingerprint density at radius 1 is 1.62 bits per heavy atom. The number of rotatable bonds is 1. The maximum atomic E-state index is 12.1. The van der Waals surface area contributed by atoms with Gasteiger partial charge in [0.15, 0.2) is 5.17 Å². The largest absolute Gasteiger partial charge is 0.286 e. The maximum absolute atomic E-state index is 12.1. The van der Waals surface area contributed by atoms with Gasteiger partial charge >= 0.3 is 0 Å². The number of thioether (sulfide) groups is 1. The summed E-state index contributed by atoms with van der Waals surface area (Å²) in [7, 11) is 0. The van der Waals surface area contributed by atoms with Crippen molar-refractivity contribution in [3.63, 3.8) is 0 Å². The molecule has 0 saturated heterocycles. The zero-order valence-corrected chi connectivity index (χ0v) is 10.3. The van der Waals surface area contributed by atoms with E-state index < -0.39 is 0 Å². The maximum Gasteiger partial charge on any atom is 0.263 e. The molecule has 0 aromatic carbocycles. The molecule has 2 heterocycles. The van der Waals surface area contributed by atoms with Crippen molar-refractivity contribution in [2.75, 3.05) is 19.3 Å². The molecule has 1 aromatic heterocycles. The molecule has 2 rings (SSSR count). The van der Waals surface area contributed by atoms with E-state index in [9.17, 15) is 4.79 Å². The normalized spacial score (nSPS) is 15.1. The van der Waals surface area contributed by atoms with Crippen molar-refractivity contribution < 1.29 is 4.79 Å². The van der Waals surface area contributed by atoms with Gasteiger partial charge in [-0.15, -0.1) is 0 Å². The lowest BCUT2D eigenvalue weighted by Gasteiger charge is -2.16. The number of amidine groups is 1. The lowest BCUT2D eigenvalue weighted by Crippen LogP contribution is -2.32. The zero-order chi connectivity index (χ0) is 11.5. The number of hydrogen-bond donors (Lipinski definition) is 0. The highest BCUT2D eigenvalue weighted by Gasteiger charge is 2.25. The summed E-state index contributed by atoms with van der Waals surface area (Å²) in [6.45, 7) is 1.26. The highest BCUT2D eigenvalue weighted by molar-refractivity contribution is 8.13. The molecule has 0 bridgehead atoms. The fourth-order valence-corrected chi connectivity index (χ4v) is 2.30. The van der Waals surface area contributed by atoms with Crippen LogP contribution in [-0.2, 0) is 0 Å². The van der Waals surface area contributed by atoms with Crippen molar-refractivity contribution in [2.45, 2.75) is 0 Å².